The summed E-state index contributed by atoms with van der Waals surface area (Å²) in [5.41, 5.74) is 3.29. The van der Waals surface area contributed by atoms with Crippen LogP contribution in [0.1, 0.15) is 11.6 Å². The van der Waals surface area contributed by atoms with E-state index in [0.717, 1.165) is 12.1 Å². The first-order chi connectivity index (χ1) is 7.64. The summed E-state index contributed by atoms with van der Waals surface area (Å²) < 4.78 is 37.1. The summed E-state index contributed by atoms with van der Waals surface area (Å²) in [6.45, 7) is 0. The number of nitro benzene ring substituents is 1. The Labute approximate surface area is 101 Å². The molecule has 0 saturated carbocycles. The van der Waals surface area contributed by atoms with E-state index in [1.807, 2.05) is 0 Å². The second kappa shape index (κ2) is 4.49. The fraction of sp³-hybridized carbons (Fsp3) is 0.250. The van der Waals surface area contributed by atoms with E-state index in [1.165, 1.54) is 0 Å². The van der Waals surface area contributed by atoms with E-state index in [0.29, 0.717) is 0 Å². The number of hydrogen-bond donors (Lipinski definition) is 2. The topological polar surface area (TPSA) is 89.4 Å². The molecule has 17 heavy (non-hydrogen) atoms. The molecule has 1 aromatic rings. The highest BCUT2D eigenvalue weighted by molar-refractivity contribution is 9.10. The third-order valence-electron chi connectivity index (χ3n) is 1.97. The zero-order chi connectivity index (χ0) is 13.4. The van der Waals surface area contributed by atoms with E-state index in [1.54, 1.807) is 0 Å². The standard InChI is InChI=1S/C8H6BrF3N2O3/c9-3-1-4(7(13)8(10,11)12)6(15)5(2-3)14(16)17/h1-2,7,15H,13H2/t7-/m1/s1. The summed E-state index contributed by atoms with van der Waals surface area (Å²) >= 11 is 2.81. The number of rotatable bonds is 2. The predicted octanol–water partition coefficient (Wildman–Crippen LogP) is 2.63. The van der Waals surface area contributed by atoms with Crippen LogP contribution in [0.5, 0.6) is 5.75 Å². The molecule has 94 valence electrons. The van der Waals surface area contributed by atoms with Crippen molar-refractivity contribution in [3.8, 4) is 5.75 Å². The molecular weight excluding hydrogens is 309 g/mol. The van der Waals surface area contributed by atoms with Gasteiger partial charge in [0.05, 0.1) is 4.92 Å². The third-order valence-corrected chi connectivity index (χ3v) is 2.43. The number of phenols is 1. The van der Waals surface area contributed by atoms with Crippen LogP contribution in [0.15, 0.2) is 16.6 Å². The van der Waals surface area contributed by atoms with E-state index in [2.05, 4.69) is 15.9 Å². The minimum absolute atomic E-state index is 0.0247. The monoisotopic (exact) mass is 314 g/mol. The van der Waals surface area contributed by atoms with Gasteiger partial charge in [-0.3, -0.25) is 10.1 Å². The van der Waals surface area contributed by atoms with Gasteiger partial charge in [0.25, 0.3) is 0 Å². The van der Waals surface area contributed by atoms with Crippen LogP contribution in [0, 0.1) is 10.1 Å². The molecule has 0 aliphatic carbocycles. The lowest BCUT2D eigenvalue weighted by Gasteiger charge is -2.17. The van der Waals surface area contributed by atoms with Gasteiger partial charge >= 0.3 is 11.9 Å². The molecular formula is C8H6BrF3N2O3. The first-order valence-corrected chi connectivity index (χ1v) is 4.93. The molecule has 5 nitrogen and oxygen atoms in total. The summed E-state index contributed by atoms with van der Waals surface area (Å²) in [4.78, 5) is 9.51. The number of benzene rings is 1. The maximum Gasteiger partial charge on any atom is 0.407 e. The van der Waals surface area contributed by atoms with Crippen molar-refractivity contribution in [1.29, 1.82) is 0 Å². The minimum atomic E-state index is -4.80. The summed E-state index contributed by atoms with van der Waals surface area (Å²) in [7, 11) is 0. The lowest BCUT2D eigenvalue weighted by atomic mass is 10.1. The van der Waals surface area contributed by atoms with Crippen LogP contribution in [0.3, 0.4) is 0 Å². The van der Waals surface area contributed by atoms with E-state index < -0.39 is 34.1 Å². The Morgan fingerprint density at radius 2 is 2.00 bits per heavy atom. The van der Waals surface area contributed by atoms with Gasteiger partial charge in [0.2, 0.25) is 0 Å². The van der Waals surface area contributed by atoms with Gasteiger partial charge in [-0.2, -0.15) is 13.2 Å². The number of alkyl halides is 3. The molecule has 0 amide bonds. The molecule has 1 rings (SSSR count). The molecule has 9 heteroatoms. The first-order valence-electron chi connectivity index (χ1n) is 4.13. The molecule has 1 aromatic carbocycles. The molecule has 0 spiro atoms. The molecule has 0 heterocycles. The summed E-state index contributed by atoms with van der Waals surface area (Å²) in [6.07, 6.45) is -4.80. The fourth-order valence-corrected chi connectivity index (χ4v) is 1.62. The number of hydrogen-bond acceptors (Lipinski definition) is 4. The van der Waals surface area contributed by atoms with Gasteiger partial charge in [0.15, 0.2) is 5.75 Å². The van der Waals surface area contributed by atoms with Crippen molar-refractivity contribution in [3.05, 3.63) is 32.3 Å². The van der Waals surface area contributed by atoms with Crippen molar-refractivity contribution >= 4 is 21.6 Å². The SMILES string of the molecule is N[C@H](c1cc(Br)cc([N+](=O)[O-])c1O)C(F)(F)F. The largest absolute Gasteiger partial charge is 0.502 e. The van der Waals surface area contributed by atoms with E-state index in [-0.39, 0.29) is 4.47 Å². The molecule has 0 fully saturated rings. The van der Waals surface area contributed by atoms with Crippen LogP contribution in [0.2, 0.25) is 0 Å². The zero-order valence-corrected chi connectivity index (χ0v) is 9.62. The highest BCUT2D eigenvalue weighted by Gasteiger charge is 2.40. The number of aromatic hydroxyl groups is 1. The van der Waals surface area contributed by atoms with Crippen LogP contribution in [0.4, 0.5) is 18.9 Å². The molecule has 0 aromatic heterocycles. The average molecular weight is 315 g/mol. The molecule has 0 radical (unpaired) electrons. The van der Waals surface area contributed by atoms with Gasteiger partial charge in [0.1, 0.15) is 6.04 Å². The van der Waals surface area contributed by atoms with Crippen LogP contribution in [-0.2, 0) is 0 Å². The Kier molecular flexibility index (Phi) is 3.62. The Morgan fingerprint density at radius 1 is 1.47 bits per heavy atom. The molecule has 0 bridgehead atoms. The van der Waals surface area contributed by atoms with Crippen LogP contribution < -0.4 is 5.73 Å². The van der Waals surface area contributed by atoms with Crippen LogP contribution >= 0.6 is 15.9 Å². The maximum absolute atomic E-state index is 12.4. The lowest BCUT2D eigenvalue weighted by molar-refractivity contribution is -0.386. The highest BCUT2D eigenvalue weighted by Crippen LogP contribution is 2.41. The van der Waals surface area contributed by atoms with E-state index >= 15 is 0 Å². The van der Waals surface area contributed by atoms with Crippen LogP contribution in [-0.4, -0.2) is 16.2 Å². The van der Waals surface area contributed by atoms with Crippen molar-refractivity contribution in [2.24, 2.45) is 5.73 Å². The zero-order valence-electron chi connectivity index (χ0n) is 8.03. The summed E-state index contributed by atoms with van der Waals surface area (Å²) in [5, 5.41) is 19.9. The molecule has 0 aliphatic rings. The quantitative estimate of drug-likeness (QED) is 0.648. The Hall–Kier alpha value is -1.35. The fourth-order valence-electron chi connectivity index (χ4n) is 1.16. The molecule has 0 aliphatic heterocycles. The van der Waals surface area contributed by atoms with Crippen molar-refractivity contribution in [2.75, 3.05) is 0 Å². The third kappa shape index (κ3) is 2.86. The van der Waals surface area contributed by atoms with Crippen LogP contribution in [0.25, 0.3) is 0 Å². The summed E-state index contributed by atoms with van der Waals surface area (Å²) in [6, 6.07) is -0.707. The molecule has 1 atom stereocenters. The number of nitrogens with two attached hydrogens (primary N) is 1. The van der Waals surface area contributed by atoms with Gasteiger partial charge < -0.3 is 10.8 Å². The van der Waals surface area contributed by atoms with Gasteiger partial charge in [-0.25, -0.2) is 0 Å². The maximum atomic E-state index is 12.4. The van der Waals surface area contributed by atoms with E-state index in [4.69, 9.17) is 5.73 Å². The lowest BCUT2D eigenvalue weighted by Crippen LogP contribution is -2.28. The van der Waals surface area contributed by atoms with Gasteiger partial charge in [-0.15, -0.1) is 0 Å². The minimum Gasteiger partial charge on any atom is -0.502 e. The van der Waals surface area contributed by atoms with Crippen molar-refractivity contribution in [3.63, 3.8) is 0 Å². The number of nitrogens with zero attached hydrogens (tertiary/aromatic N) is 1. The van der Waals surface area contributed by atoms with Gasteiger partial charge in [-0.1, -0.05) is 15.9 Å². The number of phenolic OH excluding ortho intramolecular Hbond substituents is 1. The predicted molar refractivity (Wildman–Crippen MR) is 55.4 cm³/mol. The number of halogens is 4. The average Bonchev–Trinajstić information content (AvgIpc) is 2.18. The van der Waals surface area contributed by atoms with Crippen molar-refractivity contribution < 1.29 is 23.2 Å². The second-order valence-electron chi connectivity index (χ2n) is 3.14. The second-order valence-corrected chi connectivity index (χ2v) is 4.05. The Morgan fingerprint density at radius 3 is 2.41 bits per heavy atom. The molecule has 3 N–H and O–H groups in total. The smallest absolute Gasteiger partial charge is 0.407 e. The Balaban J connectivity index is 3.40. The highest BCUT2D eigenvalue weighted by atomic mass is 79.9. The summed E-state index contributed by atoms with van der Waals surface area (Å²) in [5.74, 6) is -1.08. The van der Waals surface area contributed by atoms with E-state index in [9.17, 15) is 28.4 Å². The normalized spacial score (nSPS) is 13.5. The van der Waals surface area contributed by atoms with Crippen molar-refractivity contribution in [1.82, 2.24) is 0 Å². The first kappa shape index (κ1) is 13.7. The molecule has 0 saturated heterocycles. The van der Waals surface area contributed by atoms with Crippen molar-refractivity contribution in [2.45, 2.75) is 12.2 Å². The van der Waals surface area contributed by atoms with Gasteiger partial charge in [-0.05, 0) is 6.07 Å². The molecule has 0 unspecified atom stereocenters. The number of nitro groups is 1. The Bertz CT molecular complexity index is 464. The van der Waals surface area contributed by atoms with Gasteiger partial charge in [0, 0.05) is 16.1 Å².